The van der Waals surface area contributed by atoms with Crippen LogP contribution in [0.5, 0.6) is 11.5 Å². The van der Waals surface area contributed by atoms with Crippen LogP contribution >= 0.6 is 34.4 Å². The maximum Gasteiger partial charge on any atom is 0.286 e. The molecule has 110 valence electrons. The quantitative estimate of drug-likeness (QED) is 0.454. The summed E-state index contributed by atoms with van der Waals surface area (Å²) in [5.41, 5.74) is 6.35. The number of hydrogen-bond acceptors (Lipinski definition) is 5. The largest absolute Gasteiger partial charge is 0.493 e. The zero-order chi connectivity index (χ0) is 15.4. The first kappa shape index (κ1) is 15.9. The Kier molecular flexibility index (Phi) is 5.29. The first-order valence-corrected chi connectivity index (χ1v) is 7.84. The van der Waals surface area contributed by atoms with Crippen molar-refractivity contribution in [2.45, 2.75) is 0 Å². The van der Waals surface area contributed by atoms with Crippen molar-refractivity contribution in [1.82, 2.24) is 0 Å². The highest BCUT2D eigenvalue weighted by Gasteiger charge is 2.20. The molecule has 1 amide bonds. The molecule has 1 aromatic carbocycles. The number of methoxy groups -OCH3 is 1. The molecular formula is C14H13IN2O3S. The molecule has 1 aliphatic rings. The van der Waals surface area contributed by atoms with Crippen molar-refractivity contribution in [2.24, 2.45) is 10.7 Å². The monoisotopic (exact) mass is 416 g/mol. The number of amides is 1. The van der Waals surface area contributed by atoms with Gasteiger partial charge in [-0.25, -0.2) is 0 Å². The topological polar surface area (TPSA) is 73.9 Å². The minimum atomic E-state index is -0.321. The number of nitrogens with zero attached hydrogens (tertiary/aromatic N) is 1. The summed E-state index contributed by atoms with van der Waals surface area (Å²) in [6.45, 7) is 4.01. The predicted molar refractivity (Wildman–Crippen MR) is 93.6 cm³/mol. The lowest BCUT2D eigenvalue weighted by Gasteiger charge is -2.12. The second kappa shape index (κ2) is 6.99. The number of benzene rings is 1. The fraction of sp³-hybridized carbons (Fsp3) is 0.143. The van der Waals surface area contributed by atoms with Crippen LogP contribution in [0.4, 0.5) is 0 Å². The van der Waals surface area contributed by atoms with Crippen molar-refractivity contribution in [2.75, 3.05) is 13.7 Å². The highest BCUT2D eigenvalue weighted by molar-refractivity contribution is 14.1. The molecule has 1 aliphatic heterocycles. The van der Waals surface area contributed by atoms with Crippen molar-refractivity contribution in [3.8, 4) is 11.5 Å². The normalized spacial score (nSPS) is 16.0. The van der Waals surface area contributed by atoms with Gasteiger partial charge in [0.1, 0.15) is 6.61 Å². The third-order valence-electron chi connectivity index (χ3n) is 2.53. The lowest BCUT2D eigenvalue weighted by atomic mass is 10.2. The molecule has 5 nitrogen and oxygen atoms in total. The van der Waals surface area contributed by atoms with Gasteiger partial charge in [-0.15, -0.1) is 0 Å². The van der Waals surface area contributed by atoms with Gasteiger partial charge < -0.3 is 15.2 Å². The summed E-state index contributed by atoms with van der Waals surface area (Å²) in [5.74, 6) is 0.930. The van der Waals surface area contributed by atoms with E-state index >= 15 is 0 Å². The van der Waals surface area contributed by atoms with Crippen LogP contribution in [0.1, 0.15) is 5.56 Å². The summed E-state index contributed by atoms with van der Waals surface area (Å²) in [5, 5.41) is 0.263. The molecule has 2 rings (SSSR count). The van der Waals surface area contributed by atoms with Gasteiger partial charge in [-0.3, -0.25) is 4.79 Å². The molecule has 0 aromatic heterocycles. The Hall–Kier alpha value is -1.48. The van der Waals surface area contributed by atoms with Gasteiger partial charge in [0.15, 0.2) is 16.7 Å². The number of thioether (sulfide) groups is 1. The summed E-state index contributed by atoms with van der Waals surface area (Å²) >= 11 is 3.31. The van der Waals surface area contributed by atoms with E-state index in [-0.39, 0.29) is 11.1 Å². The Bertz CT molecular complexity index is 656. The van der Waals surface area contributed by atoms with E-state index in [1.54, 1.807) is 25.3 Å². The number of amidine groups is 1. The molecule has 0 saturated heterocycles. The number of carbonyl (C=O) groups excluding carboxylic acids is 1. The molecule has 2 N–H and O–H groups in total. The van der Waals surface area contributed by atoms with Crippen LogP contribution in [-0.2, 0) is 4.79 Å². The molecule has 21 heavy (non-hydrogen) atoms. The van der Waals surface area contributed by atoms with Gasteiger partial charge in [0, 0.05) is 0 Å². The van der Waals surface area contributed by atoms with Gasteiger partial charge >= 0.3 is 0 Å². The lowest BCUT2D eigenvalue weighted by Crippen LogP contribution is -2.01. The van der Waals surface area contributed by atoms with E-state index in [1.165, 1.54) is 0 Å². The zero-order valence-electron chi connectivity index (χ0n) is 11.3. The first-order valence-electron chi connectivity index (χ1n) is 5.94. The summed E-state index contributed by atoms with van der Waals surface area (Å²) in [7, 11) is 1.57. The lowest BCUT2D eigenvalue weighted by molar-refractivity contribution is -0.113. The first-order chi connectivity index (χ1) is 10.0. The summed E-state index contributed by atoms with van der Waals surface area (Å²) in [6, 6.07) is 3.70. The van der Waals surface area contributed by atoms with Crippen molar-refractivity contribution in [1.29, 1.82) is 0 Å². The van der Waals surface area contributed by atoms with Crippen LogP contribution in [0.3, 0.4) is 0 Å². The van der Waals surface area contributed by atoms with Crippen molar-refractivity contribution < 1.29 is 14.3 Å². The maximum atomic E-state index is 11.6. The minimum Gasteiger partial charge on any atom is -0.493 e. The Labute approximate surface area is 140 Å². The molecule has 0 spiro atoms. The fourth-order valence-electron chi connectivity index (χ4n) is 1.68. The predicted octanol–water partition coefficient (Wildman–Crippen LogP) is 2.79. The summed E-state index contributed by atoms with van der Waals surface area (Å²) < 4.78 is 11.8. The van der Waals surface area contributed by atoms with Crippen molar-refractivity contribution in [3.05, 3.63) is 38.8 Å². The number of ether oxygens (including phenoxy) is 2. The van der Waals surface area contributed by atoms with E-state index in [1.807, 2.05) is 6.07 Å². The van der Waals surface area contributed by atoms with E-state index in [9.17, 15) is 4.79 Å². The van der Waals surface area contributed by atoms with Crippen LogP contribution in [0, 0.1) is 3.57 Å². The Morgan fingerprint density at radius 1 is 1.52 bits per heavy atom. The molecular weight excluding hydrogens is 403 g/mol. The van der Waals surface area contributed by atoms with E-state index in [0.29, 0.717) is 23.0 Å². The smallest absolute Gasteiger partial charge is 0.286 e. The standard InChI is InChI=1S/C14H13IN2O3S/c1-3-4-20-12-9(15)5-8(6-10(12)19-2)7-11-13(18)17-14(16)21-11/h3,5-7H,1,4H2,2H3,(H2,16,17,18)/b11-7-. The van der Waals surface area contributed by atoms with E-state index < -0.39 is 0 Å². The molecule has 0 radical (unpaired) electrons. The van der Waals surface area contributed by atoms with Gasteiger partial charge in [-0.1, -0.05) is 12.7 Å². The second-order valence-electron chi connectivity index (χ2n) is 4.00. The third-order valence-corrected chi connectivity index (χ3v) is 4.15. The van der Waals surface area contributed by atoms with Crippen LogP contribution in [-0.4, -0.2) is 24.8 Å². The number of halogens is 1. The molecule has 0 fully saturated rings. The molecule has 0 bridgehead atoms. The number of aliphatic imine (C=N–C) groups is 1. The highest BCUT2D eigenvalue weighted by Crippen LogP contribution is 2.36. The Morgan fingerprint density at radius 2 is 2.29 bits per heavy atom. The van der Waals surface area contributed by atoms with Gasteiger partial charge in [0.2, 0.25) is 0 Å². The van der Waals surface area contributed by atoms with Crippen LogP contribution < -0.4 is 15.2 Å². The zero-order valence-corrected chi connectivity index (χ0v) is 14.2. The number of hydrogen-bond donors (Lipinski definition) is 1. The van der Waals surface area contributed by atoms with Gasteiger partial charge in [-0.05, 0) is 58.1 Å². The Morgan fingerprint density at radius 3 is 2.86 bits per heavy atom. The molecule has 0 aliphatic carbocycles. The average molecular weight is 416 g/mol. The fourth-order valence-corrected chi connectivity index (χ4v) is 3.15. The SMILES string of the molecule is C=CCOc1c(I)cc(/C=C2\SC(N)=NC2=O)cc1OC. The molecule has 1 aromatic rings. The van der Waals surface area contributed by atoms with Gasteiger partial charge in [0.05, 0.1) is 15.6 Å². The number of rotatable bonds is 5. The van der Waals surface area contributed by atoms with E-state index in [2.05, 4.69) is 34.2 Å². The van der Waals surface area contributed by atoms with Crippen LogP contribution in [0.15, 0.2) is 34.7 Å². The maximum absolute atomic E-state index is 11.6. The third kappa shape index (κ3) is 3.79. The number of nitrogens with two attached hydrogens (primary N) is 1. The van der Waals surface area contributed by atoms with Crippen LogP contribution in [0.25, 0.3) is 6.08 Å². The van der Waals surface area contributed by atoms with Crippen molar-refractivity contribution in [3.63, 3.8) is 0 Å². The Balaban J connectivity index is 2.34. The second-order valence-corrected chi connectivity index (χ2v) is 6.22. The van der Waals surface area contributed by atoms with E-state index in [0.717, 1.165) is 20.9 Å². The molecule has 1 heterocycles. The van der Waals surface area contributed by atoms with Gasteiger partial charge in [0.25, 0.3) is 5.91 Å². The minimum absolute atomic E-state index is 0.263. The highest BCUT2D eigenvalue weighted by atomic mass is 127. The number of carbonyl (C=O) groups is 1. The average Bonchev–Trinajstić information content (AvgIpc) is 2.75. The molecule has 0 atom stereocenters. The van der Waals surface area contributed by atoms with E-state index in [4.69, 9.17) is 15.2 Å². The molecule has 7 heteroatoms. The molecule has 0 unspecified atom stereocenters. The summed E-state index contributed by atoms with van der Waals surface area (Å²) in [4.78, 5) is 15.8. The van der Waals surface area contributed by atoms with Gasteiger partial charge in [-0.2, -0.15) is 4.99 Å². The van der Waals surface area contributed by atoms with Crippen molar-refractivity contribution >= 4 is 51.5 Å². The summed E-state index contributed by atoms with van der Waals surface area (Å²) in [6.07, 6.45) is 3.40. The van der Waals surface area contributed by atoms with Crippen LogP contribution in [0.2, 0.25) is 0 Å². The molecule has 0 saturated carbocycles.